The van der Waals surface area contributed by atoms with Gasteiger partial charge in [-0.3, -0.25) is 4.79 Å². The van der Waals surface area contributed by atoms with E-state index in [0.29, 0.717) is 12.3 Å². The van der Waals surface area contributed by atoms with Gasteiger partial charge < -0.3 is 5.11 Å². The molecule has 1 amide bonds. The molecule has 0 aliphatic heterocycles. The molecule has 0 aliphatic rings. The van der Waals surface area contributed by atoms with E-state index in [4.69, 9.17) is 0 Å². The van der Waals surface area contributed by atoms with E-state index in [1.165, 1.54) is 19.1 Å². The first-order valence-corrected chi connectivity index (χ1v) is 7.31. The molecule has 0 unspecified atom stereocenters. The van der Waals surface area contributed by atoms with Crippen molar-refractivity contribution in [2.24, 2.45) is 5.10 Å². The number of hydrogen-bond donors (Lipinski definition) is 2. The van der Waals surface area contributed by atoms with E-state index >= 15 is 0 Å². The normalized spacial score (nSPS) is 12.4. The van der Waals surface area contributed by atoms with Crippen LogP contribution in [0, 0.1) is 6.92 Å². The van der Waals surface area contributed by atoms with Gasteiger partial charge in [-0.25, -0.2) is 5.43 Å². The molecule has 2 N–H and O–H groups in total. The van der Waals surface area contributed by atoms with E-state index in [1.807, 2.05) is 0 Å². The number of phenols is 1. The molecule has 10 heteroatoms. The lowest BCUT2D eigenvalue weighted by Gasteiger charge is -2.12. The van der Waals surface area contributed by atoms with Crippen LogP contribution in [-0.2, 0) is 12.4 Å². The van der Waals surface area contributed by atoms with Gasteiger partial charge in [-0.2, -0.15) is 31.4 Å². The van der Waals surface area contributed by atoms with Gasteiger partial charge in [-0.05, 0) is 36.8 Å². The average Bonchev–Trinajstić information content (AvgIpc) is 2.55. The zero-order chi connectivity index (χ0) is 20.4. The average molecular weight is 390 g/mol. The monoisotopic (exact) mass is 390 g/mol. The number of nitrogens with one attached hydrogen (secondary N) is 1. The molecule has 2 aromatic rings. The summed E-state index contributed by atoms with van der Waals surface area (Å²) in [4.78, 5) is 11.9. The molecule has 0 fully saturated rings. The molecule has 0 heterocycles. The van der Waals surface area contributed by atoms with Gasteiger partial charge in [0.2, 0.25) is 0 Å². The second-order valence-electron chi connectivity index (χ2n) is 5.49. The lowest BCUT2D eigenvalue weighted by Crippen LogP contribution is -2.22. The molecular weight excluding hydrogens is 378 g/mol. The minimum atomic E-state index is -4.81. The Morgan fingerprint density at radius 1 is 1.04 bits per heavy atom. The summed E-state index contributed by atoms with van der Waals surface area (Å²) in [6, 6.07) is 5.86. The van der Waals surface area contributed by atoms with Gasteiger partial charge in [-0.1, -0.05) is 12.1 Å². The maximum absolute atomic E-state index is 12.9. The summed E-state index contributed by atoms with van der Waals surface area (Å²) in [6.07, 6.45) is -8.87. The molecule has 0 saturated carbocycles. The molecule has 0 spiro atoms. The van der Waals surface area contributed by atoms with Crippen molar-refractivity contribution in [3.8, 4) is 5.75 Å². The summed E-state index contributed by atoms with van der Waals surface area (Å²) < 4.78 is 77.2. The Kier molecular flexibility index (Phi) is 5.48. The van der Waals surface area contributed by atoms with Crippen molar-refractivity contribution in [3.63, 3.8) is 0 Å². The van der Waals surface area contributed by atoms with E-state index in [-0.39, 0.29) is 11.1 Å². The Morgan fingerprint density at radius 3 is 2.22 bits per heavy atom. The third-order valence-corrected chi connectivity index (χ3v) is 3.44. The fourth-order valence-electron chi connectivity index (χ4n) is 2.27. The Balaban J connectivity index is 2.27. The molecule has 27 heavy (non-hydrogen) atoms. The van der Waals surface area contributed by atoms with Crippen molar-refractivity contribution in [2.75, 3.05) is 0 Å². The molecule has 2 rings (SSSR count). The quantitative estimate of drug-likeness (QED) is 0.461. The second-order valence-corrected chi connectivity index (χ2v) is 5.49. The van der Waals surface area contributed by atoms with Gasteiger partial charge in [-0.15, -0.1) is 0 Å². The fourth-order valence-corrected chi connectivity index (χ4v) is 2.27. The van der Waals surface area contributed by atoms with Gasteiger partial charge >= 0.3 is 12.4 Å². The van der Waals surface area contributed by atoms with Crippen LogP contribution in [0.1, 0.15) is 32.6 Å². The van der Waals surface area contributed by atoms with Gasteiger partial charge in [0, 0.05) is 5.56 Å². The Bertz CT molecular complexity index is 888. The smallest absolute Gasteiger partial charge is 0.419 e. The molecule has 144 valence electrons. The lowest BCUT2D eigenvalue weighted by molar-refractivity contribution is -0.139. The minimum absolute atomic E-state index is 0.162. The third-order valence-electron chi connectivity index (χ3n) is 3.44. The first-order valence-electron chi connectivity index (χ1n) is 7.31. The van der Waals surface area contributed by atoms with Crippen LogP contribution in [0.15, 0.2) is 41.5 Å². The summed E-state index contributed by atoms with van der Waals surface area (Å²) in [5.41, 5.74) is -1.57. The number of alkyl halides is 6. The van der Waals surface area contributed by atoms with Gasteiger partial charge in [0.25, 0.3) is 5.91 Å². The number of amides is 1. The SMILES string of the molecule is Cc1cc(/C=N/NC(=O)c2ccccc2C(F)(F)F)c(O)c(C(F)(F)F)c1. The van der Waals surface area contributed by atoms with E-state index < -0.39 is 40.7 Å². The van der Waals surface area contributed by atoms with Crippen LogP contribution >= 0.6 is 0 Å². The molecule has 4 nitrogen and oxygen atoms in total. The molecule has 0 radical (unpaired) electrons. The van der Waals surface area contributed by atoms with Crippen LogP contribution in [0.4, 0.5) is 26.3 Å². The third kappa shape index (κ3) is 4.78. The Morgan fingerprint density at radius 2 is 1.63 bits per heavy atom. The van der Waals surface area contributed by atoms with Gasteiger partial charge in [0.05, 0.1) is 22.9 Å². The van der Waals surface area contributed by atoms with Crippen LogP contribution in [0.3, 0.4) is 0 Å². The number of carbonyl (C=O) groups excluding carboxylic acids is 1. The van der Waals surface area contributed by atoms with E-state index in [2.05, 4.69) is 5.10 Å². The molecule has 0 saturated heterocycles. The summed E-state index contributed by atoms with van der Waals surface area (Å²) in [5, 5.41) is 13.1. The summed E-state index contributed by atoms with van der Waals surface area (Å²) in [7, 11) is 0. The Labute approximate surface area is 149 Å². The molecule has 2 aromatic carbocycles. The molecular formula is C17H12F6N2O2. The summed E-state index contributed by atoms with van der Waals surface area (Å²) in [5.74, 6) is -2.32. The minimum Gasteiger partial charge on any atom is -0.507 e. The number of benzene rings is 2. The number of phenolic OH excluding ortho intramolecular Hbond substituents is 1. The van der Waals surface area contributed by atoms with Gasteiger partial charge in [0.1, 0.15) is 5.75 Å². The van der Waals surface area contributed by atoms with Crippen molar-refractivity contribution in [1.29, 1.82) is 0 Å². The van der Waals surface area contributed by atoms with Crippen LogP contribution in [-0.4, -0.2) is 17.2 Å². The standard InChI is InChI=1S/C17H12F6N2O2/c1-9-6-10(14(26)13(7-9)17(21,22)23)8-24-25-15(27)11-4-2-3-5-12(11)16(18,19)20/h2-8,26H,1H3,(H,25,27)/b24-8+. The van der Waals surface area contributed by atoms with E-state index in [9.17, 15) is 36.2 Å². The van der Waals surface area contributed by atoms with Crippen molar-refractivity contribution in [1.82, 2.24) is 5.43 Å². The number of halogens is 6. The zero-order valence-corrected chi connectivity index (χ0v) is 13.6. The van der Waals surface area contributed by atoms with Crippen LogP contribution in [0.25, 0.3) is 0 Å². The number of carbonyl (C=O) groups is 1. The highest BCUT2D eigenvalue weighted by Gasteiger charge is 2.35. The number of aromatic hydroxyl groups is 1. The highest BCUT2D eigenvalue weighted by molar-refractivity contribution is 5.96. The number of nitrogens with zero attached hydrogens (tertiary/aromatic N) is 1. The summed E-state index contributed by atoms with van der Waals surface area (Å²) in [6.45, 7) is 1.35. The predicted octanol–water partition coefficient (Wildman–Crippen LogP) is 4.50. The van der Waals surface area contributed by atoms with E-state index in [0.717, 1.165) is 18.2 Å². The van der Waals surface area contributed by atoms with E-state index in [1.54, 1.807) is 5.43 Å². The molecule has 0 aromatic heterocycles. The summed E-state index contributed by atoms with van der Waals surface area (Å²) >= 11 is 0. The Hall–Kier alpha value is -3.04. The van der Waals surface area contributed by atoms with Crippen molar-refractivity contribution < 1.29 is 36.2 Å². The van der Waals surface area contributed by atoms with Crippen molar-refractivity contribution in [2.45, 2.75) is 19.3 Å². The number of rotatable bonds is 3. The van der Waals surface area contributed by atoms with Crippen molar-refractivity contribution in [3.05, 3.63) is 64.2 Å². The second kappa shape index (κ2) is 7.29. The predicted molar refractivity (Wildman–Crippen MR) is 84.4 cm³/mol. The number of aryl methyl sites for hydroxylation is 1. The largest absolute Gasteiger partial charge is 0.507 e. The van der Waals surface area contributed by atoms with Crippen LogP contribution < -0.4 is 5.43 Å². The molecule has 0 aliphatic carbocycles. The fraction of sp³-hybridized carbons (Fsp3) is 0.176. The first kappa shape index (κ1) is 20.3. The molecule has 0 atom stereocenters. The maximum Gasteiger partial charge on any atom is 0.419 e. The molecule has 0 bridgehead atoms. The van der Waals surface area contributed by atoms with Crippen molar-refractivity contribution >= 4 is 12.1 Å². The topological polar surface area (TPSA) is 61.7 Å². The highest BCUT2D eigenvalue weighted by Crippen LogP contribution is 2.37. The zero-order valence-electron chi connectivity index (χ0n) is 13.6. The highest BCUT2D eigenvalue weighted by atomic mass is 19.4. The van der Waals surface area contributed by atoms with Crippen LogP contribution in [0.2, 0.25) is 0 Å². The van der Waals surface area contributed by atoms with Gasteiger partial charge in [0.15, 0.2) is 0 Å². The number of hydrogen-bond acceptors (Lipinski definition) is 3. The first-order chi connectivity index (χ1) is 12.4. The maximum atomic E-state index is 12.9. The number of hydrazone groups is 1. The lowest BCUT2D eigenvalue weighted by atomic mass is 10.0. The van der Waals surface area contributed by atoms with Crippen LogP contribution in [0.5, 0.6) is 5.75 Å².